The van der Waals surface area contributed by atoms with Gasteiger partial charge in [0.25, 0.3) is 0 Å². The lowest BCUT2D eigenvalue weighted by Gasteiger charge is -2.29. The van der Waals surface area contributed by atoms with Gasteiger partial charge < -0.3 is 15.8 Å². The zero-order valence-electron chi connectivity index (χ0n) is 39.0. The molecule has 4 rings (SSSR count). The van der Waals surface area contributed by atoms with Gasteiger partial charge in [0.15, 0.2) is 0 Å². The maximum Gasteiger partial charge on any atom is 0.0652 e. The highest BCUT2D eigenvalue weighted by atomic mass is 35.5. The third-order valence-corrected chi connectivity index (χ3v) is 8.19. The molecule has 322 valence electrons. The highest BCUT2D eigenvalue weighted by Crippen LogP contribution is 2.36. The first kappa shape index (κ1) is 61.6. The van der Waals surface area contributed by atoms with Crippen LogP contribution in [0.3, 0.4) is 0 Å². The number of ether oxygens (including phenoxy) is 1. The van der Waals surface area contributed by atoms with Crippen molar-refractivity contribution in [3.05, 3.63) is 110 Å². The molecule has 0 bridgehead atoms. The third-order valence-electron chi connectivity index (χ3n) is 8.19. The molecule has 5 N–H and O–H groups in total. The van der Waals surface area contributed by atoms with Gasteiger partial charge in [-0.1, -0.05) is 170 Å². The molecule has 2 aliphatic carbocycles. The monoisotopic (exact) mass is 789 g/mol. The number of allylic oxidation sites excluding steroid dienone is 2. The summed E-state index contributed by atoms with van der Waals surface area (Å²) in [4.78, 5) is 0. The van der Waals surface area contributed by atoms with Crippen molar-refractivity contribution in [2.45, 2.75) is 160 Å². The van der Waals surface area contributed by atoms with Crippen LogP contribution in [-0.2, 0) is 17.6 Å². The van der Waals surface area contributed by atoms with Gasteiger partial charge in [-0.25, -0.2) is 5.01 Å². The minimum Gasteiger partial charge on any atom is -0.405 e. The van der Waals surface area contributed by atoms with Crippen LogP contribution in [0.4, 0.5) is 0 Å². The summed E-state index contributed by atoms with van der Waals surface area (Å²) in [6, 6.07) is 9.25. The lowest BCUT2D eigenvalue weighted by Crippen LogP contribution is -2.37. The maximum absolute atomic E-state index is 5.65. The van der Waals surface area contributed by atoms with Gasteiger partial charge in [-0.15, -0.1) is 18.2 Å². The summed E-state index contributed by atoms with van der Waals surface area (Å²) in [5, 5.41) is 5.10. The first-order valence-electron chi connectivity index (χ1n) is 20.8. The van der Waals surface area contributed by atoms with Crippen LogP contribution >= 0.6 is 11.6 Å². The molecule has 3 unspecified atom stereocenters. The van der Waals surface area contributed by atoms with E-state index in [9.17, 15) is 0 Å². The normalized spacial score (nSPS) is 15.9. The lowest BCUT2D eigenvalue weighted by atomic mass is 9.87. The predicted molar refractivity (Wildman–Crippen MR) is 255 cm³/mol. The number of rotatable bonds is 9. The first-order valence-corrected chi connectivity index (χ1v) is 21.3. The van der Waals surface area contributed by atoms with E-state index >= 15 is 0 Å². The molecular formula is C49H93ClN4O. The van der Waals surface area contributed by atoms with E-state index in [1.54, 1.807) is 13.2 Å². The second kappa shape index (κ2) is 39.7. The average molecular weight is 790 g/mol. The Balaban J connectivity index is -0.000000182. The number of halogens is 1. The molecule has 0 aromatic heterocycles. The van der Waals surface area contributed by atoms with Crippen LogP contribution in [0.5, 0.6) is 0 Å². The highest BCUT2D eigenvalue weighted by Gasteiger charge is 2.24. The summed E-state index contributed by atoms with van der Waals surface area (Å²) in [6.07, 6.45) is 14.2. The van der Waals surface area contributed by atoms with Crippen molar-refractivity contribution < 1.29 is 4.74 Å². The minimum absolute atomic E-state index is 0.160. The molecule has 1 saturated carbocycles. The van der Waals surface area contributed by atoms with E-state index in [1.807, 2.05) is 52.6 Å². The molecule has 6 heteroatoms. The molecule has 1 aromatic rings. The Kier molecular flexibility index (Phi) is 44.4. The number of nitrogens with one attached hydrogen (secondary N) is 1. The summed E-state index contributed by atoms with van der Waals surface area (Å²) in [6.45, 7) is 52.5. The minimum atomic E-state index is 0.160. The Bertz CT molecular complexity index is 1070. The smallest absolute Gasteiger partial charge is 0.0652 e. The van der Waals surface area contributed by atoms with Gasteiger partial charge >= 0.3 is 0 Å². The molecule has 0 amide bonds. The SMILES string of the molecule is C=C(C)C(C)CC1CC1.C=C(C)C1CCCN1N.C=CC(=C)NC(C=C)C(C)(C)C.C=CN.CC.CC.CC(C)C.CCCl.COC1Cc2ccccc2C1. The number of fused-ring (bicyclic) bond motifs is 1. The number of alkyl halides is 1. The van der Waals surface area contributed by atoms with Crippen LogP contribution < -0.4 is 16.9 Å². The Labute approximate surface area is 349 Å². The second-order valence-corrected chi connectivity index (χ2v) is 15.9. The molecule has 0 radical (unpaired) electrons. The number of hydrogen-bond donors (Lipinski definition) is 3. The predicted octanol–water partition coefficient (Wildman–Crippen LogP) is 13.6. The van der Waals surface area contributed by atoms with Gasteiger partial charge in [-0.05, 0) is 92.5 Å². The van der Waals surface area contributed by atoms with E-state index in [4.69, 9.17) is 22.2 Å². The zero-order valence-corrected chi connectivity index (χ0v) is 39.8. The van der Waals surface area contributed by atoms with E-state index in [0.717, 1.165) is 48.7 Å². The van der Waals surface area contributed by atoms with Crippen molar-refractivity contribution >= 4 is 11.6 Å². The molecule has 3 aliphatic rings. The molecule has 1 aromatic carbocycles. The summed E-state index contributed by atoms with van der Waals surface area (Å²) in [5.41, 5.74) is 11.1. The standard InChI is InChI=1S/C11H19N.C10H12O.C9H16.C7H14N2.C4H10.C2H5Cl.C2H5N.2C2H6/c1-7-9(3)12-10(8-2)11(4,5)6;1-11-10-6-8-4-2-3-5-9(8)7-10;1-7(2)8(3)6-9-4-5-9;1-6(2)7-4-3-5-9(7)8;1-4(2)3;2*1-2-3;2*1-2/h7-8,10,12H,1-3H2,4-6H3;2-5,10H,6-7H2,1H3;8-9H,1,4-6H2,2-3H3;7H,1,3-5,8H2,2H3;4H,1-3H3;2H2,1H3;2H,1,3H2;2*1-2H3. The number of hydrazine groups is 1. The van der Waals surface area contributed by atoms with Crippen LogP contribution in [-0.4, -0.2) is 42.7 Å². The summed E-state index contributed by atoms with van der Waals surface area (Å²) in [7, 11) is 1.79. The van der Waals surface area contributed by atoms with Crippen molar-refractivity contribution in [2.24, 2.45) is 34.7 Å². The van der Waals surface area contributed by atoms with E-state index in [1.165, 1.54) is 60.6 Å². The van der Waals surface area contributed by atoms with E-state index < -0.39 is 0 Å². The molecule has 0 spiro atoms. The lowest BCUT2D eigenvalue weighted by molar-refractivity contribution is 0.112. The summed E-state index contributed by atoms with van der Waals surface area (Å²) < 4.78 is 5.29. The maximum atomic E-state index is 5.65. The number of benzene rings is 1. The van der Waals surface area contributed by atoms with Crippen LogP contribution in [0, 0.1) is 23.2 Å². The van der Waals surface area contributed by atoms with Gasteiger partial charge in [-0.2, -0.15) is 0 Å². The van der Waals surface area contributed by atoms with Crippen molar-refractivity contribution in [1.82, 2.24) is 10.3 Å². The molecule has 1 aliphatic heterocycles. The van der Waals surface area contributed by atoms with Gasteiger partial charge in [-0.3, -0.25) is 5.84 Å². The Morgan fingerprint density at radius 2 is 1.36 bits per heavy atom. The summed E-state index contributed by atoms with van der Waals surface area (Å²) in [5.74, 6) is 9.02. The second-order valence-electron chi connectivity index (χ2n) is 15.4. The molecule has 2 fully saturated rings. The molecule has 1 saturated heterocycles. The first-order chi connectivity index (χ1) is 25.8. The van der Waals surface area contributed by atoms with Gasteiger partial charge in [0.2, 0.25) is 0 Å². The van der Waals surface area contributed by atoms with E-state index in [0.29, 0.717) is 12.1 Å². The Morgan fingerprint density at radius 3 is 1.60 bits per heavy atom. The number of methoxy groups -OCH3 is 1. The fourth-order valence-electron chi connectivity index (χ4n) is 4.95. The number of nitrogens with two attached hydrogens (primary N) is 2. The molecule has 55 heavy (non-hydrogen) atoms. The third kappa shape index (κ3) is 38.1. The van der Waals surface area contributed by atoms with Gasteiger partial charge in [0.1, 0.15) is 0 Å². The topological polar surface area (TPSA) is 76.5 Å². The van der Waals surface area contributed by atoms with Crippen molar-refractivity contribution in [1.29, 1.82) is 0 Å². The molecule has 1 heterocycles. The van der Waals surface area contributed by atoms with Crippen molar-refractivity contribution in [3.63, 3.8) is 0 Å². The quantitative estimate of drug-likeness (QED) is 0.101. The largest absolute Gasteiger partial charge is 0.405 e. The summed E-state index contributed by atoms with van der Waals surface area (Å²) >= 11 is 5.00. The van der Waals surface area contributed by atoms with Gasteiger partial charge in [0.05, 0.1) is 6.10 Å². The zero-order chi connectivity index (χ0) is 44.2. The van der Waals surface area contributed by atoms with E-state index in [2.05, 4.69) is 130 Å². The van der Waals surface area contributed by atoms with Crippen molar-refractivity contribution in [3.8, 4) is 0 Å². The Hall–Kier alpha value is -2.57. The van der Waals surface area contributed by atoms with Crippen molar-refractivity contribution in [2.75, 3.05) is 19.5 Å². The van der Waals surface area contributed by atoms with Crippen LogP contribution in [0.2, 0.25) is 0 Å². The Morgan fingerprint density at radius 1 is 0.945 bits per heavy atom. The fourth-order valence-corrected chi connectivity index (χ4v) is 4.95. The van der Waals surface area contributed by atoms with Gasteiger partial charge in [0, 0.05) is 37.3 Å². The number of hydrogen-bond acceptors (Lipinski definition) is 5. The molecule has 3 atom stereocenters. The molecular weight excluding hydrogens is 696 g/mol. The highest BCUT2D eigenvalue weighted by molar-refractivity contribution is 6.17. The number of nitrogens with zero attached hydrogens (tertiary/aromatic N) is 1. The molecule has 5 nitrogen and oxygen atoms in total. The van der Waals surface area contributed by atoms with Crippen LogP contribution in [0.15, 0.2) is 98.9 Å². The average Bonchev–Trinajstić information content (AvgIpc) is 3.67. The van der Waals surface area contributed by atoms with Crippen LogP contribution in [0.1, 0.15) is 140 Å². The van der Waals surface area contributed by atoms with E-state index in [-0.39, 0.29) is 11.5 Å². The fraction of sp³-hybridized carbons (Fsp3) is 0.633. The van der Waals surface area contributed by atoms with Crippen LogP contribution in [0.25, 0.3) is 0 Å².